The van der Waals surface area contributed by atoms with Gasteiger partial charge in [-0.25, -0.2) is 0 Å². The van der Waals surface area contributed by atoms with Crippen LogP contribution in [0.25, 0.3) is 0 Å². The highest BCUT2D eigenvalue weighted by Gasteiger charge is 2.34. The van der Waals surface area contributed by atoms with E-state index in [1.807, 2.05) is 18.7 Å². The largest absolute Gasteiger partial charge is 0.416 e. The molecule has 9 heteroatoms. The fourth-order valence-electron chi connectivity index (χ4n) is 4.23. The molecular formula is C21H29F3N4O2. The second-order valence-electron chi connectivity index (χ2n) is 8.28. The number of carbonyl (C=O) groups excluding carboxylic acids is 2. The summed E-state index contributed by atoms with van der Waals surface area (Å²) < 4.78 is 39.8. The highest BCUT2D eigenvalue weighted by Crippen LogP contribution is 2.36. The number of benzene rings is 1. The zero-order valence-electron chi connectivity index (χ0n) is 17.4. The molecule has 1 aromatic rings. The van der Waals surface area contributed by atoms with Gasteiger partial charge in [0.2, 0.25) is 11.8 Å². The van der Waals surface area contributed by atoms with Gasteiger partial charge >= 0.3 is 6.18 Å². The van der Waals surface area contributed by atoms with E-state index in [4.69, 9.17) is 0 Å². The zero-order chi connectivity index (χ0) is 21.9. The highest BCUT2D eigenvalue weighted by atomic mass is 19.4. The molecule has 2 fully saturated rings. The average molecular weight is 426 g/mol. The summed E-state index contributed by atoms with van der Waals surface area (Å²) in [5, 5.41) is 5.49. The summed E-state index contributed by atoms with van der Waals surface area (Å²) in [5.74, 6) is -0.541. The Hall–Kier alpha value is -2.29. The SMILES string of the molecule is CC(C)C1C(=O)NCCN1CC(=O)Nc1cc(C(F)(F)F)ccc1N1CCCCC1. The van der Waals surface area contributed by atoms with Crippen molar-refractivity contribution in [1.82, 2.24) is 10.2 Å². The molecule has 0 radical (unpaired) electrons. The van der Waals surface area contributed by atoms with Gasteiger partial charge in [0, 0.05) is 26.2 Å². The number of anilines is 2. The Bertz CT molecular complexity index is 776. The summed E-state index contributed by atoms with van der Waals surface area (Å²) in [4.78, 5) is 28.8. The molecule has 1 unspecified atom stereocenters. The number of piperidine rings is 1. The molecule has 166 valence electrons. The van der Waals surface area contributed by atoms with E-state index in [0.29, 0.717) is 18.8 Å². The van der Waals surface area contributed by atoms with Crippen LogP contribution in [0.3, 0.4) is 0 Å². The van der Waals surface area contributed by atoms with Gasteiger partial charge < -0.3 is 15.5 Å². The Balaban J connectivity index is 1.80. The topological polar surface area (TPSA) is 64.7 Å². The standard InChI is InChI=1S/C21H29F3N4O2/c1-14(2)19-20(30)25-8-11-28(19)13-18(29)26-16-12-15(21(22,23)24)6-7-17(16)27-9-4-3-5-10-27/h6-7,12,14,19H,3-5,8-11,13H2,1-2H3,(H,25,30)(H,26,29). The molecule has 0 bridgehead atoms. The van der Waals surface area contributed by atoms with Crippen molar-refractivity contribution < 1.29 is 22.8 Å². The normalized spacial score (nSPS) is 20.9. The number of hydrogen-bond donors (Lipinski definition) is 2. The average Bonchev–Trinajstić information content (AvgIpc) is 2.67. The third-order valence-corrected chi connectivity index (χ3v) is 5.63. The summed E-state index contributed by atoms with van der Waals surface area (Å²) in [6.07, 6.45) is -1.47. The molecule has 2 N–H and O–H groups in total. The monoisotopic (exact) mass is 426 g/mol. The molecule has 2 heterocycles. The summed E-state index contributed by atoms with van der Waals surface area (Å²) in [7, 11) is 0. The molecule has 2 aliphatic heterocycles. The van der Waals surface area contributed by atoms with Crippen molar-refractivity contribution in [2.45, 2.75) is 45.3 Å². The first-order chi connectivity index (χ1) is 14.2. The maximum absolute atomic E-state index is 13.3. The molecule has 2 aliphatic rings. The number of nitrogens with zero attached hydrogens (tertiary/aromatic N) is 2. The number of alkyl halides is 3. The zero-order valence-corrected chi connectivity index (χ0v) is 17.4. The Labute approximate surface area is 174 Å². The molecule has 1 atom stereocenters. The van der Waals surface area contributed by atoms with Gasteiger partial charge in [0.25, 0.3) is 0 Å². The lowest BCUT2D eigenvalue weighted by molar-refractivity contribution is -0.137. The molecule has 0 spiro atoms. The molecule has 6 nitrogen and oxygen atoms in total. The first-order valence-corrected chi connectivity index (χ1v) is 10.4. The quantitative estimate of drug-likeness (QED) is 0.760. The van der Waals surface area contributed by atoms with Gasteiger partial charge in [0.1, 0.15) is 0 Å². The van der Waals surface area contributed by atoms with Crippen molar-refractivity contribution in [3.8, 4) is 0 Å². The minimum Gasteiger partial charge on any atom is -0.370 e. The van der Waals surface area contributed by atoms with Gasteiger partial charge in [0.15, 0.2) is 0 Å². The van der Waals surface area contributed by atoms with Gasteiger partial charge in [-0.2, -0.15) is 13.2 Å². The van der Waals surface area contributed by atoms with E-state index >= 15 is 0 Å². The number of nitrogens with one attached hydrogen (secondary N) is 2. The van der Waals surface area contributed by atoms with E-state index in [9.17, 15) is 22.8 Å². The van der Waals surface area contributed by atoms with E-state index in [-0.39, 0.29) is 24.1 Å². The van der Waals surface area contributed by atoms with E-state index in [1.165, 1.54) is 6.07 Å². The highest BCUT2D eigenvalue weighted by molar-refractivity contribution is 5.96. The predicted molar refractivity (Wildman–Crippen MR) is 109 cm³/mol. The van der Waals surface area contributed by atoms with Crippen LogP contribution in [0.4, 0.5) is 24.5 Å². The second kappa shape index (κ2) is 9.24. The lowest BCUT2D eigenvalue weighted by Gasteiger charge is -2.37. The van der Waals surface area contributed by atoms with Crippen molar-refractivity contribution in [3.05, 3.63) is 23.8 Å². The molecule has 30 heavy (non-hydrogen) atoms. The van der Waals surface area contributed by atoms with Crippen LogP contribution < -0.4 is 15.5 Å². The van der Waals surface area contributed by atoms with Crippen LogP contribution in [0.15, 0.2) is 18.2 Å². The lowest BCUT2D eigenvalue weighted by Crippen LogP contribution is -2.58. The molecule has 3 rings (SSSR count). The van der Waals surface area contributed by atoms with Crippen LogP contribution >= 0.6 is 0 Å². The van der Waals surface area contributed by atoms with Gasteiger partial charge in [-0.3, -0.25) is 14.5 Å². The lowest BCUT2D eigenvalue weighted by atomic mass is 9.99. The molecule has 0 aliphatic carbocycles. The smallest absolute Gasteiger partial charge is 0.370 e. The summed E-state index contributed by atoms with van der Waals surface area (Å²) >= 11 is 0. The number of carbonyl (C=O) groups is 2. The first kappa shape index (κ1) is 22.4. The van der Waals surface area contributed by atoms with Crippen LogP contribution in [-0.4, -0.2) is 55.5 Å². The van der Waals surface area contributed by atoms with Crippen molar-refractivity contribution in [3.63, 3.8) is 0 Å². The molecule has 1 aromatic carbocycles. The van der Waals surface area contributed by atoms with E-state index in [2.05, 4.69) is 10.6 Å². The maximum Gasteiger partial charge on any atom is 0.416 e. The molecule has 2 saturated heterocycles. The number of amides is 2. The van der Waals surface area contributed by atoms with Crippen molar-refractivity contribution >= 4 is 23.2 Å². The molecular weight excluding hydrogens is 397 g/mol. The third-order valence-electron chi connectivity index (χ3n) is 5.63. The van der Waals surface area contributed by atoms with Gasteiger partial charge in [-0.1, -0.05) is 13.8 Å². The van der Waals surface area contributed by atoms with Gasteiger partial charge in [-0.15, -0.1) is 0 Å². The third kappa shape index (κ3) is 5.24. The summed E-state index contributed by atoms with van der Waals surface area (Å²) in [6, 6.07) is 3.07. The Morgan fingerprint density at radius 2 is 1.90 bits per heavy atom. The number of piperazine rings is 1. The first-order valence-electron chi connectivity index (χ1n) is 10.4. The van der Waals surface area contributed by atoms with Crippen LogP contribution in [0.1, 0.15) is 38.7 Å². The molecule has 2 amide bonds. The van der Waals surface area contributed by atoms with E-state index in [1.54, 1.807) is 4.90 Å². The molecule has 0 saturated carbocycles. The number of halogens is 3. The number of hydrogen-bond acceptors (Lipinski definition) is 4. The van der Waals surface area contributed by atoms with Crippen LogP contribution in [0, 0.1) is 5.92 Å². The predicted octanol–water partition coefficient (Wildman–Crippen LogP) is 3.09. The van der Waals surface area contributed by atoms with Gasteiger partial charge in [0.05, 0.1) is 29.5 Å². The van der Waals surface area contributed by atoms with Crippen LogP contribution in [-0.2, 0) is 15.8 Å². The van der Waals surface area contributed by atoms with Crippen LogP contribution in [0.2, 0.25) is 0 Å². The van der Waals surface area contributed by atoms with Gasteiger partial charge in [-0.05, 0) is 43.4 Å². The van der Waals surface area contributed by atoms with Crippen molar-refractivity contribution in [2.24, 2.45) is 5.92 Å². The van der Waals surface area contributed by atoms with E-state index < -0.39 is 23.7 Å². The van der Waals surface area contributed by atoms with Crippen molar-refractivity contribution in [2.75, 3.05) is 42.9 Å². The molecule has 0 aromatic heterocycles. The van der Waals surface area contributed by atoms with Crippen LogP contribution in [0.5, 0.6) is 0 Å². The minimum absolute atomic E-state index is 0.00979. The maximum atomic E-state index is 13.3. The van der Waals surface area contributed by atoms with E-state index in [0.717, 1.165) is 44.5 Å². The second-order valence-corrected chi connectivity index (χ2v) is 8.28. The summed E-state index contributed by atoms with van der Waals surface area (Å²) in [5.41, 5.74) is -0.0249. The Kier molecular flexibility index (Phi) is 6.90. The minimum atomic E-state index is -4.49. The fourth-order valence-corrected chi connectivity index (χ4v) is 4.23. The van der Waals surface area contributed by atoms with Crippen molar-refractivity contribution in [1.29, 1.82) is 0 Å². The number of rotatable bonds is 5. The fraction of sp³-hybridized carbons (Fsp3) is 0.619. The Morgan fingerprint density at radius 1 is 1.20 bits per heavy atom. The Morgan fingerprint density at radius 3 is 2.53 bits per heavy atom. The summed E-state index contributed by atoms with van der Waals surface area (Å²) in [6.45, 7) is 6.21.